The first-order chi connectivity index (χ1) is 16.4. The number of methoxy groups -OCH3 is 1. The molecule has 0 saturated carbocycles. The van der Waals surface area contributed by atoms with Crippen molar-refractivity contribution < 1.29 is 27.1 Å². The number of halogens is 1. The van der Waals surface area contributed by atoms with Gasteiger partial charge in [-0.1, -0.05) is 12.1 Å². The largest absolute Gasteiger partial charge is 0.497 e. The Labute approximate surface area is 199 Å². The molecule has 0 spiro atoms. The minimum Gasteiger partial charge on any atom is -0.497 e. The van der Waals surface area contributed by atoms with Crippen molar-refractivity contribution in [2.75, 3.05) is 46.5 Å². The molecule has 1 amide bonds. The number of sulfonamides is 1. The molecule has 2 aromatic rings. The predicted molar refractivity (Wildman–Crippen MR) is 124 cm³/mol. The van der Waals surface area contributed by atoms with Crippen LogP contribution in [0.2, 0.25) is 0 Å². The lowest BCUT2D eigenvalue weighted by Gasteiger charge is -2.35. The molecule has 1 N–H and O–H groups in total. The second-order valence-corrected chi connectivity index (χ2v) is 10.3. The summed E-state index contributed by atoms with van der Waals surface area (Å²) in [5.41, 5.74) is 1.03. The SMILES string of the molecule is COc1ccc([C@H](CNC(=O)[C@@H]2CCCN2S(=O)(=O)c2ccc(F)cc2)N2CCOCC2)cc1. The van der Waals surface area contributed by atoms with E-state index in [0.29, 0.717) is 32.6 Å². The minimum atomic E-state index is -3.90. The molecular formula is C24H30FN3O5S. The van der Waals surface area contributed by atoms with Crippen LogP contribution in [0.4, 0.5) is 4.39 Å². The number of nitrogens with one attached hydrogen (secondary N) is 1. The number of amides is 1. The lowest BCUT2D eigenvalue weighted by atomic mass is 10.0. The quantitative estimate of drug-likeness (QED) is 0.609. The predicted octanol–water partition coefficient (Wildman–Crippen LogP) is 2.18. The lowest BCUT2D eigenvalue weighted by Crippen LogP contribution is -2.49. The fourth-order valence-corrected chi connectivity index (χ4v) is 6.18. The molecule has 2 saturated heterocycles. The van der Waals surface area contributed by atoms with Gasteiger partial charge < -0.3 is 14.8 Å². The Hall–Kier alpha value is -2.53. The zero-order valence-electron chi connectivity index (χ0n) is 19.2. The molecule has 8 nitrogen and oxygen atoms in total. The number of hydrogen-bond acceptors (Lipinski definition) is 6. The third-order valence-electron chi connectivity index (χ3n) is 6.38. The Morgan fingerprint density at radius 3 is 2.44 bits per heavy atom. The van der Waals surface area contributed by atoms with Gasteiger partial charge in [-0.3, -0.25) is 9.69 Å². The molecular weight excluding hydrogens is 461 g/mol. The van der Waals surface area contributed by atoms with E-state index in [1.54, 1.807) is 7.11 Å². The smallest absolute Gasteiger partial charge is 0.243 e. The maximum Gasteiger partial charge on any atom is 0.243 e. The van der Waals surface area contributed by atoms with Crippen molar-refractivity contribution in [2.24, 2.45) is 0 Å². The summed E-state index contributed by atoms with van der Waals surface area (Å²) < 4.78 is 51.5. The number of hydrogen-bond donors (Lipinski definition) is 1. The fourth-order valence-electron chi connectivity index (χ4n) is 4.52. The van der Waals surface area contributed by atoms with Crippen LogP contribution in [0, 0.1) is 5.82 Å². The zero-order valence-corrected chi connectivity index (χ0v) is 20.0. The first-order valence-corrected chi connectivity index (χ1v) is 12.8. The molecule has 0 radical (unpaired) electrons. The molecule has 0 aliphatic carbocycles. The number of benzene rings is 2. The minimum absolute atomic E-state index is 0.0157. The Balaban J connectivity index is 1.48. The number of ether oxygens (including phenoxy) is 2. The highest BCUT2D eigenvalue weighted by Crippen LogP contribution is 2.27. The van der Waals surface area contributed by atoms with E-state index in [2.05, 4.69) is 10.2 Å². The average Bonchev–Trinajstić information content (AvgIpc) is 3.37. The first-order valence-electron chi connectivity index (χ1n) is 11.4. The third-order valence-corrected chi connectivity index (χ3v) is 8.31. The van der Waals surface area contributed by atoms with Crippen LogP contribution in [-0.2, 0) is 19.6 Å². The first kappa shape index (κ1) is 24.6. The third kappa shape index (κ3) is 5.41. The summed E-state index contributed by atoms with van der Waals surface area (Å²) in [4.78, 5) is 15.4. The fraction of sp³-hybridized carbons (Fsp3) is 0.458. The van der Waals surface area contributed by atoms with E-state index in [-0.39, 0.29) is 23.4 Å². The maximum absolute atomic E-state index is 13.3. The van der Waals surface area contributed by atoms with E-state index in [1.807, 2.05) is 24.3 Å². The molecule has 2 aliphatic rings. The molecule has 2 fully saturated rings. The molecule has 34 heavy (non-hydrogen) atoms. The van der Waals surface area contributed by atoms with Gasteiger partial charge in [-0.25, -0.2) is 12.8 Å². The molecule has 2 aromatic carbocycles. The second kappa shape index (κ2) is 10.8. The van der Waals surface area contributed by atoms with Crippen molar-refractivity contribution >= 4 is 15.9 Å². The Morgan fingerprint density at radius 1 is 1.12 bits per heavy atom. The summed E-state index contributed by atoms with van der Waals surface area (Å²) in [7, 11) is -2.29. The van der Waals surface area contributed by atoms with Gasteiger partial charge in [-0.05, 0) is 54.8 Å². The van der Waals surface area contributed by atoms with Gasteiger partial charge in [-0.15, -0.1) is 0 Å². The van der Waals surface area contributed by atoms with Crippen LogP contribution < -0.4 is 10.1 Å². The van der Waals surface area contributed by atoms with Crippen LogP contribution in [0.3, 0.4) is 0 Å². The van der Waals surface area contributed by atoms with Gasteiger partial charge in [0.2, 0.25) is 15.9 Å². The normalized spacial score (nSPS) is 20.7. The highest BCUT2D eigenvalue weighted by atomic mass is 32.2. The molecule has 4 rings (SSSR count). The molecule has 2 heterocycles. The Bertz CT molecular complexity index is 1070. The van der Waals surface area contributed by atoms with Gasteiger partial charge in [0.15, 0.2) is 0 Å². The molecule has 0 bridgehead atoms. The molecule has 2 atom stereocenters. The van der Waals surface area contributed by atoms with Crippen molar-refractivity contribution in [2.45, 2.75) is 29.8 Å². The Kier molecular flexibility index (Phi) is 7.82. The van der Waals surface area contributed by atoms with Crippen LogP contribution in [-0.4, -0.2) is 76.1 Å². The van der Waals surface area contributed by atoms with Crippen LogP contribution in [0.5, 0.6) is 5.75 Å². The summed E-state index contributed by atoms with van der Waals surface area (Å²) in [5.74, 6) is -0.0848. The molecule has 0 unspecified atom stereocenters. The summed E-state index contributed by atoms with van der Waals surface area (Å²) in [6, 6.07) is 11.5. The summed E-state index contributed by atoms with van der Waals surface area (Å²) in [5, 5.41) is 2.99. The van der Waals surface area contributed by atoms with E-state index in [4.69, 9.17) is 9.47 Å². The Morgan fingerprint density at radius 2 is 1.79 bits per heavy atom. The van der Waals surface area contributed by atoms with Gasteiger partial charge in [0.05, 0.1) is 31.3 Å². The van der Waals surface area contributed by atoms with E-state index in [9.17, 15) is 17.6 Å². The zero-order chi connectivity index (χ0) is 24.1. The van der Waals surface area contributed by atoms with Crippen LogP contribution in [0.15, 0.2) is 53.4 Å². The second-order valence-electron chi connectivity index (χ2n) is 8.41. The van der Waals surface area contributed by atoms with Gasteiger partial charge in [0.25, 0.3) is 0 Å². The number of rotatable bonds is 8. The van der Waals surface area contributed by atoms with Crippen molar-refractivity contribution in [3.63, 3.8) is 0 Å². The molecule has 10 heteroatoms. The van der Waals surface area contributed by atoms with Gasteiger partial charge in [-0.2, -0.15) is 4.31 Å². The number of nitrogens with zero attached hydrogens (tertiary/aromatic N) is 2. The summed E-state index contributed by atoms with van der Waals surface area (Å²) in [6.45, 7) is 3.30. The van der Waals surface area contributed by atoms with Crippen molar-refractivity contribution in [3.8, 4) is 5.75 Å². The van der Waals surface area contributed by atoms with E-state index in [0.717, 1.165) is 36.5 Å². The highest BCUT2D eigenvalue weighted by Gasteiger charge is 2.39. The van der Waals surface area contributed by atoms with Gasteiger partial charge in [0.1, 0.15) is 17.6 Å². The van der Waals surface area contributed by atoms with Gasteiger partial charge >= 0.3 is 0 Å². The van der Waals surface area contributed by atoms with Crippen molar-refractivity contribution in [3.05, 3.63) is 59.9 Å². The highest BCUT2D eigenvalue weighted by molar-refractivity contribution is 7.89. The molecule has 0 aromatic heterocycles. The van der Waals surface area contributed by atoms with Crippen molar-refractivity contribution in [1.29, 1.82) is 0 Å². The van der Waals surface area contributed by atoms with Crippen LogP contribution in [0.1, 0.15) is 24.4 Å². The maximum atomic E-state index is 13.3. The van der Waals surface area contributed by atoms with E-state index < -0.39 is 21.9 Å². The number of carbonyl (C=O) groups excluding carboxylic acids is 1. The summed E-state index contributed by atoms with van der Waals surface area (Å²) >= 11 is 0. The topological polar surface area (TPSA) is 88.2 Å². The number of carbonyl (C=O) groups is 1. The lowest BCUT2D eigenvalue weighted by molar-refractivity contribution is -0.124. The summed E-state index contributed by atoms with van der Waals surface area (Å²) in [6.07, 6.45) is 1.03. The monoisotopic (exact) mass is 491 g/mol. The standard InChI is InChI=1S/C24H30FN3O5S/c1-32-20-8-4-18(5-9-20)23(27-13-15-33-16-14-27)17-26-24(29)22-3-2-12-28(22)34(30,31)21-10-6-19(25)7-11-21/h4-11,22-23H,2-3,12-17H2,1H3,(H,26,29)/t22-,23-/m0/s1. The van der Waals surface area contributed by atoms with Crippen molar-refractivity contribution in [1.82, 2.24) is 14.5 Å². The van der Waals surface area contributed by atoms with Crippen LogP contribution in [0.25, 0.3) is 0 Å². The average molecular weight is 492 g/mol. The molecule has 184 valence electrons. The van der Waals surface area contributed by atoms with E-state index >= 15 is 0 Å². The van der Waals surface area contributed by atoms with Gasteiger partial charge in [0, 0.05) is 26.2 Å². The molecule has 2 aliphatic heterocycles. The van der Waals surface area contributed by atoms with E-state index in [1.165, 1.54) is 16.4 Å². The van der Waals surface area contributed by atoms with Crippen LogP contribution >= 0.6 is 0 Å². The number of morpholine rings is 1.